The zero-order chi connectivity index (χ0) is 20.8. The number of hydrogen-bond donors (Lipinski definition) is 2. The number of rotatable bonds is 7. The van der Waals surface area contributed by atoms with Gasteiger partial charge in [0.25, 0.3) is 5.91 Å². The maximum absolute atomic E-state index is 12.6. The van der Waals surface area contributed by atoms with Crippen molar-refractivity contribution >= 4 is 23.4 Å². The Balaban J connectivity index is 1.29. The van der Waals surface area contributed by atoms with Gasteiger partial charge in [0.15, 0.2) is 5.16 Å². The first-order valence-electron chi connectivity index (χ1n) is 10.4. The van der Waals surface area contributed by atoms with Gasteiger partial charge in [-0.3, -0.25) is 14.8 Å². The summed E-state index contributed by atoms with van der Waals surface area (Å²) in [5.74, 6) is 0.676. The van der Waals surface area contributed by atoms with Crippen LogP contribution in [0.15, 0.2) is 60.0 Å². The van der Waals surface area contributed by atoms with Crippen LogP contribution in [-0.4, -0.2) is 38.6 Å². The van der Waals surface area contributed by atoms with Crippen molar-refractivity contribution in [3.05, 3.63) is 71.5 Å². The van der Waals surface area contributed by atoms with E-state index in [4.69, 9.17) is 0 Å². The van der Waals surface area contributed by atoms with E-state index in [-0.39, 0.29) is 5.91 Å². The lowest BCUT2D eigenvalue weighted by Gasteiger charge is -2.33. The number of nitrogens with zero attached hydrogens (tertiary/aromatic N) is 3. The van der Waals surface area contributed by atoms with Crippen molar-refractivity contribution in [3.8, 4) is 0 Å². The molecular formula is C23H27N5OS. The first kappa shape index (κ1) is 20.6. The molecule has 2 aromatic carbocycles. The fraction of sp³-hybridized carbons (Fsp3) is 0.348. The smallest absolute Gasteiger partial charge is 0.255 e. The molecular weight excluding hydrogens is 394 g/mol. The number of nitrogens with one attached hydrogen (secondary N) is 2. The third kappa shape index (κ3) is 5.49. The minimum Gasteiger partial charge on any atom is -0.322 e. The number of likely N-dealkylation sites (tertiary alicyclic amines) is 1. The van der Waals surface area contributed by atoms with Gasteiger partial charge in [0.1, 0.15) is 6.33 Å². The second-order valence-corrected chi connectivity index (χ2v) is 8.71. The summed E-state index contributed by atoms with van der Waals surface area (Å²) in [6.45, 7) is 4.46. The Morgan fingerprint density at radius 1 is 1.13 bits per heavy atom. The van der Waals surface area contributed by atoms with Crippen LogP contribution in [0.3, 0.4) is 0 Å². The van der Waals surface area contributed by atoms with Crippen molar-refractivity contribution in [3.63, 3.8) is 0 Å². The number of aromatic nitrogens is 3. The van der Waals surface area contributed by atoms with Gasteiger partial charge in [-0.1, -0.05) is 42.4 Å². The molecule has 1 fully saturated rings. The molecule has 6 nitrogen and oxygen atoms in total. The molecule has 0 bridgehead atoms. The van der Waals surface area contributed by atoms with E-state index in [2.05, 4.69) is 44.5 Å². The van der Waals surface area contributed by atoms with Crippen LogP contribution in [0.1, 0.15) is 47.7 Å². The van der Waals surface area contributed by atoms with Crippen LogP contribution in [0.2, 0.25) is 0 Å². The molecule has 1 amide bonds. The topological polar surface area (TPSA) is 73.9 Å². The van der Waals surface area contributed by atoms with Crippen LogP contribution in [0.5, 0.6) is 0 Å². The van der Waals surface area contributed by atoms with E-state index in [1.807, 2.05) is 36.4 Å². The highest BCUT2D eigenvalue weighted by atomic mass is 32.2. The lowest BCUT2D eigenvalue weighted by atomic mass is 10.0. The largest absolute Gasteiger partial charge is 0.322 e. The Morgan fingerprint density at radius 3 is 2.60 bits per heavy atom. The first-order valence-corrected chi connectivity index (χ1v) is 11.4. The molecule has 2 N–H and O–H groups in total. The highest BCUT2D eigenvalue weighted by Crippen LogP contribution is 2.21. The van der Waals surface area contributed by atoms with Gasteiger partial charge < -0.3 is 5.32 Å². The Labute approximate surface area is 181 Å². The van der Waals surface area contributed by atoms with Gasteiger partial charge in [-0.2, -0.15) is 5.10 Å². The standard InChI is InChI=1S/C23H27N5OS/c1-17-4-2-3-13-28(17)14-18-7-11-21(12-8-18)26-22(29)20-9-5-19(6-10-20)15-30-23-24-16-25-27-23/h5-12,16-17H,2-4,13-15H2,1H3,(H,26,29)(H,24,25,27). The van der Waals surface area contributed by atoms with Crippen molar-refractivity contribution in [1.82, 2.24) is 20.1 Å². The van der Waals surface area contributed by atoms with Crippen LogP contribution >= 0.6 is 11.8 Å². The maximum Gasteiger partial charge on any atom is 0.255 e. The van der Waals surface area contributed by atoms with Crippen molar-refractivity contribution in [2.45, 2.75) is 49.7 Å². The Bertz CT molecular complexity index is 941. The summed E-state index contributed by atoms with van der Waals surface area (Å²) in [4.78, 5) is 19.2. The summed E-state index contributed by atoms with van der Waals surface area (Å²) in [6, 6.07) is 16.5. The summed E-state index contributed by atoms with van der Waals surface area (Å²) in [6.07, 6.45) is 5.40. The maximum atomic E-state index is 12.6. The zero-order valence-corrected chi connectivity index (χ0v) is 18.0. The monoisotopic (exact) mass is 421 g/mol. The number of hydrogen-bond acceptors (Lipinski definition) is 5. The molecule has 1 unspecified atom stereocenters. The van der Waals surface area contributed by atoms with E-state index in [1.165, 1.54) is 37.7 Å². The molecule has 0 aliphatic carbocycles. The van der Waals surface area contributed by atoms with Crippen molar-refractivity contribution in [2.24, 2.45) is 0 Å². The van der Waals surface area contributed by atoms with E-state index < -0.39 is 0 Å². The van der Waals surface area contributed by atoms with Crippen molar-refractivity contribution in [2.75, 3.05) is 11.9 Å². The van der Waals surface area contributed by atoms with Gasteiger partial charge in [0.2, 0.25) is 0 Å². The van der Waals surface area contributed by atoms with E-state index in [0.29, 0.717) is 11.6 Å². The van der Waals surface area contributed by atoms with E-state index in [1.54, 1.807) is 11.8 Å². The number of benzene rings is 2. The SMILES string of the molecule is CC1CCCCN1Cc1ccc(NC(=O)c2ccc(CSc3ncn[nH]3)cc2)cc1. The molecule has 30 heavy (non-hydrogen) atoms. The molecule has 3 aromatic rings. The highest BCUT2D eigenvalue weighted by molar-refractivity contribution is 7.98. The van der Waals surface area contributed by atoms with Crippen LogP contribution < -0.4 is 5.32 Å². The number of H-pyrrole nitrogens is 1. The van der Waals surface area contributed by atoms with Gasteiger partial charge in [-0.25, -0.2) is 4.98 Å². The van der Waals surface area contributed by atoms with E-state index in [0.717, 1.165) is 28.7 Å². The van der Waals surface area contributed by atoms with Crippen molar-refractivity contribution in [1.29, 1.82) is 0 Å². The Morgan fingerprint density at radius 2 is 1.90 bits per heavy atom. The molecule has 156 valence electrons. The molecule has 1 aliphatic rings. The highest BCUT2D eigenvalue weighted by Gasteiger charge is 2.18. The summed E-state index contributed by atoms with van der Waals surface area (Å²) in [5, 5.41) is 10.4. The lowest BCUT2D eigenvalue weighted by molar-refractivity contribution is 0.102. The number of carbonyl (C=O) groups is 1. The van der Waals surface area contributed by atoms with E-state index >= 15 is 0 Å². The molecule has 7 heteroatoms. The van der Waals surface area contributed by atoms with Gasteiger partial charge in [0, 0.05) is 29.6 Å². The van der Waals surface area contributed by atoms with Crippen molar-refractivity contribution < 1.29 is 4.79 Å². The Hall–Kier alpha value is -2.64. The van der Waals surface area contributed by atoms with Gasteiger partial charge >= 0.3 is 0 Å². The third-order valence-corrected chi connectivity index (χ3v) is 6.47. The van der Waals surface area contributed by atoms with Gasteiger partial charge in [-0.05, 0) is 61.7 Å². The van der Waals surface area contributed by atoms with Crippen LogP contribution in [0.25, 0.3) is 0 Å². The number of piperidine rings is 1. The average molecular weight is 422 g/mol. The van der Waals surface area contributed by atoms with Crippen LogP contribution in [-0.2, 0) is 12.3 Å². The number of amides is 1. The van der Waals surface area contributed by atoms with Crippen LogP contribution in [0.4, 0.5) is 5.69 Å². The fourth-order valence-corrected chi connectivity index (χ4v) is 4.43. The zero-order valence-electron chi connectivity index (χ0n) is 17.2. The van der Waals surface area contributed by atoms with E-state index in [9.17, 15) is 4.79 Å². The molecule has 1 saturated heterocycles. The fourth-order valence-electron chi connectivity index (χ4n) is 3.69. The second kappa shape index (κ2) is 9.91. The molecule has 0 saturated carbocycles. The molecule has 1 aromatic heterocycles. The lowest BCUT2D eigenvalue weighted by Crippen LogP contribution is -2.36. The minimum absolute atomic E-state index is 0.0955. The molecule has 0 spiro atoms. The summed E-state index contributed by atoms with van der Waals surface area (Å²) >= 11 is 1.58. The molecule has 1 aliphatic heterocycles. The summed E-state index contributed by atoms with van der Waals surface area (Å²) in [5.41, 5.74) is 3.88. The second-order valence-electron chi connectivity index (χ2n) is 7.74. The molecule has 0 radical (unpaired) electrons. The number of anilines is 1. The van der Waals surface area contributed by atoms with Gasteiger partial charge in [0.05, 0.1) is 0 Å². The van der Waals surface area contributed by atoms with Gasteiger partial charge in [-0.15, -0.1) is 0 Å². The normalized spacial score (nSPS) is 17.0. The predicted octanol–water partition coefficient (Wildman–Crippen LogP) is 4.72. The summed E-state index contributed by atoms with van der Waals surface area (Å²) < 4.78 is 0. The minimum atomic E-state index is -0.0955. The number of carbonyl (C=O) groups excluding carboxylic acids is 1. The molecule has 1 atom stereocenters. The molecule has 2 heterocycles. The average Bonchev–Trinajstić information content (AvgIpc) is 3.29. The van der Waals surface area contributed by atoms with Crippen LogP contribution in [0, 0.1) is 0 Å². The quantitative estimate of drug-likeness (QED) is 0.540. The molecule has 4 rings (SSSR count). The third-order valence-electron chi connectivity index (χ3n) is 5.52. The Kier molecular flexibility index (Phi) is 6.81. The predicted molar refractivity (Wildman–Crippen MR) is 121 cm³/mol. The first-order chi connectivity index (χ1) is 14.7. The number of aromatic amines is 1. The number of thioether (sulfide) groups is 1. The summed E-state index contributed by atoms with van der Waals surface area (Å²) in [7, 11) is 0.